The Labute approximate surface area is 131 Å². The van der Waals surface area contributed by atoms with Crippen LogP contribution in [0.5, 0.6) is 0 Å². The molecule has 0 aliphatic carbocycles. The highest BCUT2D eigenvalue weighted by Gasteiger charge is 2.36. The van der Waals surface area contributed by atoms with Gasteiger partial charge in [0.15, 0.2) is 0 Å². The lowest BCUT2D eigenvalue weighted by Crippen LogP contribution is -2.28. The SMILES string of the molecule is Cc1ccnc(NC(=O)[C@@H]2CN(C)C[C@H]2c2ccccc2)c1. The van der Waals surface area contributed by atoms with Crippen LogP contribution in [-0.2, 0) is 4.79 Å². The summed E-state index contributed by atoms with van der Waals surface area (Å²) in [7, 11) is 2.06. The van der Waals surface area contributed by atoms with Crippen molar-refractivity contribution >= 4 is 11.7 Å². The molecule has 1 aliphatic heterocycles. The summed E-state index contributed by atoms with van der Waals surface area (Å²) in [6.45, 7) is 3.67. The Morgan fingerprint density at radius 2 is 2.00 bits per heavy atom. The largest absolute Gasteiger partial charge is 0.310 e. The fraction of sp³-hybridized carbons (Fsp3) is 0.333. The van der Waals surface area contributed by atoms with Crippen molar-refractivity contribution in [1.29, 1.82) is 0 Å². The van der Waals surface area contributed by atoms with E-state index in [0.717, 1.165) is 18.7 Å². The van der Waals surface area contributed by atoms with Crippen molar-refractivity contribution in [3.8, 4) is 0 Å². The molecular formula is C18H21N3O. The lowest BCUT2D eigenvalue weighted by molar-refractivity contribution is -0.119. The van der Waals surface area contributed by atoms with Gasteiger partial charge in [-0.2, -0.15) is 0 Å². The summed E-state index contributed by atoms with van der Waals surface area (Å²) in [6, 6.07) is 14.1. The van der Waals surface area contributed by atoms with Crippen molar-refractivity contribution in [1.82, 2.24) is 9.88 Å². The predicted octanol–water partition coefficient (Wildman–Crippen LogP) is 2.67. The Kier molecular flexibility index (Phi) is 4.20. The van der Waals surface area contributed by atoms with Crippen LogP contribution in [0.25, 0.3) is 0 Å². The molecule has 0 spiro atoms. The summed E-state index contributed by atoms with van der Waals surface area (Å²) in [4.78, 5) is 19.1. The Morgan fingerprint density at radius 1 is 1.23 bits per heavy atom. The highest BCUT2D eigenvalue weighted by atomic mass is 16.2. The molecule has 1 saturated heterocycles. The van der Waals surface area contributed by atoms with Gasteiger partial charge in [-0.1, -0.05) is 30.3 Å². The molecular weight excluding hydrogens is 274 g/mol. The maximum absolute atomic E-state index is 12.7. The van der Waals surface area contributed by atoms with Crippen LogP contribution in [0.15, 0.2) is 48.7 Å². The summed E-state index contributed by atoms with van der Waals surface area (Å²) >= 11 is 0. The standard InChI is InChI=1S/C18H21N3O/c1-13-8-9-19-17(10-13)20-18(22)16-12-21(2)11-15(16)14-6-4-3-5-7-14/h3-10,15-16H,11-12H2,1-2H3,(H,19,20,22)/t15-,16+/m0/s1. The maximum atomic E-state index is 12.7. The summed E-state index contributed by atoms with van der Waals surface area (Å²) in [6.07, 6.45) is 1.72. The van der Waals surface area contributed by atoms with E-state index in [1.165, 1.54) is 5.56 Å². The number of nitrogens with zero attached hydrogens (tertiary/aromatic N) is 2. The maximum Gasteiger partial charge on any atom is 0.230 e. The first-order chi connectivity index (χ1) is 10.6. The molecule has 2 atom stereocenters. The van der Waals surface area contributed by atoms with E-state index in [1.807, 2.05) is 37.3 Å². The number of rotatable bonds is 3. The van der Waals surface area contributed by atoms with Crippen LogP contribution >= 0.6 is 0 Å². The number of nitrogens with one attached hydrogen (secondary N) is 1. The molecule has 114 valence electrons. The highest BCUT2D eigenvalue weighted by Crippen LogP contribution is 2.32. The number of amides is 1. The third-order valence-electron chi connectivity index (χ3n) is 4.23. The van der Waals surface area contributed by atoms with E-state index in [-0.39, 0.29) is 17.7 Å². The van der Waals surface area contributed by atoms with E-state index in [4.69, 9.17) is 0 Å². The molecule has 22 heavy (non-hydrogen) atoms. The molecule has 1 aromatic heterocycles. The minimum absolute atomic E-state index is 0.0466. The summed E-state index contributed by atoms with van der Waals surface area (Å²) < 4.78 is 0. The minimum Gasteiger partial charge on any atom is -0.310 e. The average molecular weight is 295 g/mol. The van der Waals surface area contributed by atoms with Gasteiger partial charge in [-0.25, -0.2) is 4.98 Å². The first-order valence-electron chi connectivity index (χ1n) is 7.60. The number of pyridine rings is 1. The zero-order chi connectivity index (χ0) is 15.5. The lowest BCUT2D eigenvalue weighted by Gasteiger charge is -2.18. The number of hydrogen-bond acceptors (Lipinski definition) is 3. The highest BCUT2D eigenvalue weighted by molar-refractivity contribution is 5.92. The molecule has 4 nitrogen and oxygen atoms in total. The predicted molar refractivity (Wildman–Crippen MR) is 87.8 cm³/mol. The van der Waals surface area contributed by atoms with Crippen LogP contribution in [0.2, 0.25) is 0 Å². The van der Waals surface area contributed by atoms with Gasteiger partial charge in [-0.15, -0.1) is 0 Å². The summed E-state index contributed by atoms with van der Waals surface area (Å²) in [5.74, 6) is 0.869. The second kappa shape index (κ2) is 6.28. The number of hydrogen-bond donors (Lipinski definition) is 1. The zero-order valence-corrected chi connectivity index (χ0v) is 13.0. The van der Waals surface area contributed by atoms with Crippen molar-refractivity contribution < 1.29 is 4.79 Å². The van der Waals surface area contributed by atoms with Gasteiger partial charge in [-0.05, 0) is 37.2 Å². The van der Waals surface area contributed by atoms with Gasteiger partial charge in [0.1, 0.15) is 5.82 Å². The van der Waals surface area contributed by atoms with Crippen LogP contribution in [0.4, 0.5) is 5.82 Å². The Balaban J connectivity index is 1.78. The van der Waals surface area contributed by atoms with Gasteiger partial charge in [0.05, 0.1) is 5.92 Å². The number of likely N-dealkylation sites (N-methyl/N-ethyl adjacent to an activating group) is 1. The second-order valence-corrected chi connectivity index (χ2v) is 6.05. The van der Waals surface area contributed by atoms with Gasteiger partial charge >= 0.3 is 0 Å². The molecule has 0 saturated carbocycles. The van der Waals surface area contributed by atoms with Crippen molar-refractivity contribution in [2.24, 2.45) is 5.92 Å². The van der Waals surface area contributed by atoms with E-state index >= 15 is 0 Å². The first-order valence-corrected chi connectivity index (χ1v) is 7.60. The van der Waals surface area contributed by atoms with Crippen LogP contribution in [0, 0.1) is 12.8 Å². The molecule has 1 aromatic carbocycles. The van der Waals surface area contributed by atoms with Crippen molar-refractivity contribution in [3.05, 3.63) is 59.8 Å². The fourth-order valence-corrected chi connectivity index (χ4v) is 3.13. The summed E-state index contributed by atoms with van der Waals surface area (Å²) in [5, 5.41) is 2.97. The monoisotopic (exact) mass is 295 g/mol. The van der Waals surface area contributed by atoms with Gasteiger partial charge in [0.25, 0.3) is 0 Å². The van der Waals surface area contributed by atoms with Gasteiger partial charge in [-0.3, -0.25) is 4.79 Å². The molecule has 2 aromatic rings. The molecule has 0 radical (unpaired) electrons. The first kappa shape index (κ1) is 14.7. The molecule has 4 heteroatoms. The normalized spacial score (nSPS) is 21.7. The van der Waals surface area contributed by atoms with Crippen molar-refractivity contribution in [2.45, 2.75) is 12.8 Å². The topological polar surface area (TPSA) is 45.2 Å². The third-order valence-corrected chi connectivity index (χ3v) is 4.23. The smallest absolute Gasteiger partial charge is 0.230 e. The summed E-state index contributed by atoms with van der Waals surface area (Å²) in [5.41, 5.74) is 2.32. The van der Waals surface area contributed by atoms with E-state index in [2.05, 4.69) is 34.4 Å². The van der Waals surface area contributed by atoms with E-state index in [9.17, 15) is 4.79 Å². The van der Waals surface area contributed by atoms with Gasteiger partial charge < -0.3 is 10.2 Å². The number of aryl methyl sites for hydroxylation is 1. The number of carbonyl (C=O) groups is 1. The molecule has 1 amide bonds. The molecule has 1 N–H and O–H groups in total. The van der Waals surface area contributed by atoms with E-state index < -0.39 is 0 Å². The Bertz CT molecular complexity index is 656. The Morgan fingerprint density at radius 3 is 2.73 bits per heavy atom. The molecule has 2 heterocycles. The van der Waals surface area contributed by atoms with Gasteiger partial charge in [0, 0.05) is 25.2 Å². The van der Waals surface area contributed by atoms with Crippen LogP contribution in [0.1, 0.15) is 17.0 Å². The quantitative estimate of drug-likeness (QED) is 0.947. The number of benzene rings is 1. The van der Waals surface area contributed by atoms with Crippen LogP contribution in [0.3, 0.4) is 0 Å². The Hall–Kier alpha value is -2.20. The number of anilines is 1. The molecule has 1 fully saturated rings. The average Bonchev–Trinajstić information content (AvgIpc) is 2.90. The van der Waals surface area contributed by atoms with E-state index in [0.29, 0.717) is 5.82 Å². The number of carbonyl (C=O) groups excluding carboxylic acids is 1. The minimum atomic E-state index is -0.0466. The van der Waals surface area contributed by atoms with Crippen LogP contribution < -0.4 is 5.32 Å². The number of aromatic nitrogens is 1. The number of likely N-dealkylation sites (tertiary alicyclic amines) is 1. The molecule has 0 bridgehead atoms. The lowest BCUT2D eigenvalue weighted by atomic mass is 9.88. The zero-order valence-electron chi connectivity index (χ0n) is 13.0. The van der Waals surface area contributed by atoms with Crippen LogP contribution in [-0.4, -0.2) is 35.9 Å². The fourth-order valence-electron chi connectivity index (χ4n) is 3.13. The third kappa shape index (κ3) is 3.17. The molecule has 0 unspecified atom stereocenters. The molecule has 1 aliphatic rings. The van der Waals surface area contributed by atoms with E-state index in [1.54, 1.807) is 6.20 Å². The molecule has 3 rings (SSSR count). The van der Waals surface area contributed by atoms with Gasteiger partial charge in [0.2, 0.25) is 5.91 Å². The second-order valence-electron chi connectivity index (χ2n) is 6.05. The van der Waals surface area contributed by atoms with Crippen molar-refractivity contribution in [2.75, 3.05) is 25.5 Å². The van der Waals surface area contributed by atoms with Crippen molar-refractivity contribution in [3.63, 3.8) is 0 Å².